The van der Waals surface area contributed by atoms with Gasteiger partial charge in [0.25, 0.3) is 0 Å². The minimum Gasteiger partial charge on any atom is -0.412 e. The Morgan fingerprint density at radius 2 is 1.91 bits per heavy atom. The number of halogens is 1. The molecule has 0 saturated heterocycles. The second kappa shape index (κ2) is 7.07. The quantitative estimate of drug-likeness (QED) is 0.780. The van der Waals surface area contributed by atoms with Gasteiger partial charge in [0, 0.05) is 17.1 Å². The predicted octanol–water partition coefficient (Wildman–Crippen LogP) is 3.36. The van der Waals surface area contributed by atoms with Crippen LogP contribution in [0.4, 0.5) is 0 Å². The van der Waals surface area contributed by atoms with Crippen LogP contribution in [0, 0.1) is 0 Å². The monoisotopic (exact) mass is 327 g/mol. The maximum absolute atomic E-state index is 12.0. The van der Waals surface area contributed by atoms with Gasteiger partial charge < -0.3 is 9.73 Å². The Labute approximate surface area is 138 Å². The van der Waals surface area contributed by atoms with Gasteiger partial charge in [0.05, 0.1) is 0 Å². The Hall–Kier alpha value is -2.66. The molecule has 3 rings (SSSR count). The molecule has 0 spiro atoms. The van der Waals surface area contributed by atoms with E-state index in [4.69, 9.17) is 16.0 Å². The molecule has 0 saturated carbocycles. The predicted molar refractivity (Wildman–Crippen MR) is 87.2 cm³/mol. The van der Waals surface area contributed by atoms with Gasteiger partial charge in [0.1, 0.15) is 0 Å². The fourth-order valence-electron chi connectivity index (χ4n) is 2.09. The van der Waals surface area contributed by atoms with E-state index in [1.807, 2.05) is 30.3 Å². The highest BCUT2D eigenvalue weighted by atomic mass is 35.5. The third kappa shape index (κ3) is 3.96. The van der Waals surface area contributed by atoms with Crippen molar-refractivity contribution in [1.82, 2.24) is 15.5 Å². The van der Waals surface area contributed by atoms with Crippen molar-refractivity contribution in [2.24, 2.45) is 0 Å². The van der Waals surface area contributed by atoms with E-state index in [0.717, 1.165) is 12.0 Å². The highest BCUT2D eigenvalue weighted by Gasteiger charge is 2.15. The highest BCUT2D eigenvalue weighted by molar-refractivity contribution is 6.30. The maximum atomic E-state index is 12.0. The first-order chi connectivity index (χ1) is 11.2. The van der Waals surface area contributed by atoms with Crippen LogP contribution in [-0.2, 0) is 6.42 Å². The zero-order chi connectivity index (χ0) is 16.1. The van der Waals surface area contributed by atoms with Crippen LogP contribution in [0.25, 0.3) is 11.5 Å². The van der Waals surface area contributed by atoms with Gasteiger partial charge in [-0.05, 0) is 30.2 Å². The van der Waals surface area contributed by atoms with Gasteiger partial charge in [-0.1, -0.05) is 48.0 Å². The van der Waals surface area contributed by atoms with Crippen molar-refractivity contribution in [2.75, 3.05) is 6.54 Å². The topological polar surface area (TPSA) is 68.0 Å². The third-order valence-corrected chi connectivity index (χ3v) is 3.47. The molecule has 0 atom stereocenters. The molecule has 0 fully saturated rings. The molecule has 5 nitrogen and oxygen atoms in total. The van der Waals surface area contributed by atoms with E-state index in [1.54, 1.807) is 24.3 Å². The zero-order valence-electron chi connectivity index (χ0n) is 12.2. The average Bonchev–Trinajstić information content (AvgIpc) is 3.06. The number of hydrogen-bond donors (Lipinski definition) is 1. The van der Waals surface area contributed by atoms with Gasteiger partial charge in [-0.2, -0.15) is 0 Å². The van der Waals surface area contributed by atoms with Gasteiger partial charge in [0.2, 0.25) is 5.89 Å². The molecule has 0 radical (unpaired) electrons. The molecule has 0 unspecified atom stereocenters. The fraction of sp³-hybridized carbons (Fsp3) is 0.118. The number of nitrogens with one attached hydrogen (secondary N) is 1. The summed E-state index contributed by atoms with van der Waals surface area (Å²) in [6.07, 6.45) is 0.738. The van der Waals surface area contributed by atoms with Crippen molar-refractivity contribution >= 4 is 17.5 Å². The Balaban J connectivity index is 1.60. The molecule has 1 amide bonds. The molecular weight excluding hydrogens is 314 g/mol. The van der Waals surface area contributed by atoms with Crippen molar-refractivity contribution in [3.8, 4) is 11.5 Å². The Kier molecular flexibility index (Phi) is 4.68. The van der Waals surface area contributed by atoms with E-state index >= 15 is 0 Å². The molecule has 0 aliphatic heterocycles. The molecule has 1 N–H and O–H groups in total. The SMILES string of the molecule is O=C(NCCc1ccccc1)c1nnc(-c2cccc(Cl)c2)o1. The molecule has 2 aromatic carbocycles. The number of amides is 1. The van der Waals surface area contributed by atoms with Crippen molar-refractivity contribution in [1.29, 1.82) is 0 Å². The number of hydrogen-bond acceptors (Lipinski definition) is 4. The summed E-state index contributed by atoms with van der Waals surface area (Å²) < 4.78 is 5.40. The van der Waals surface area contributed by atoms with E-state index in [0.29, 0.717) is 17.1 Å². The summed E-state index contributed by atoms with van der Waals surface area (Å²) in [5.74, 6) is -0.185. The molecule has 3 aromatic rings. The lowest BCUT2D eigenvalue weighted by Gasteiger charge is -2.02. The van der Waals surface area contributed by atoms with Crippen LogP contribution >= 0.6 is 11.6 Å². The number of rotatable bonds is 5. The first-order valence-electron chi connectivity index (χ1n) is 7.14. The van der Waals surface area contributed by atoms with E-state index in [-0.39, 0.29) is 17.7 Å². The van der Waals surface area contributed by atoms with Crippen LogP contribution < -0.4 is 5.32 Å². The summed E-state index contributed by atoms with van der Waals surface area (Å²) in [5.41, 5.74) is 1.83. The number of carbonyl (C=O) groups excluding carboxylic acids is 1. The van der Waals surface area contributed by atoms with Crippen molar-refractivity contribution in [3.05, 3.63) is 71.1 Å². The van der Waals surface area contributed by atoms with E-state index in [2.05, 4.69) is 15.5 Å². The Bertz CT molecular complexity index is 802. The minimum absolute atomic E-state index is 0.0620. The number of carbonyl (C=O) groups is 1. The minimum atomic E-state index is -0.387. The highest BCUT2D eigenvalue weighted by Crippen LogP contribution is 2.21. The number of aromatic nitrogens is 2. The lowest BCUT2D eigenvalue weighted by Crippen LogP contribution is -2.25. The van der Waals surface area contributed by atoms with Crippen LogP contribution in [0.2, 0.25) is 5.02 Å². The summed E-state index contributed by atoms with van der Waals surface area (Å²) in [6, 6.07) is 16.9. The second-order valence-corrected chi connectivity index (χ2v) is 5.35. The van der Waals surface area contributed by atoms with Gasteiger partial charge in [-0.25, -0.2) is 0 Å². The fourth-order valence-corrected chi connectivity index (χ4v) is 2.28. The van der Waals surface area contributed by atoms with Crippen LogP contribution in [0.3, 0.4) is 0 Å². The molecule has 1 aromatic heterocycles. The Morgan fingerprint density at radius 3 is 2.70 bits per heavy atom. The van der Waals surface area contributed by atoms with Gasteiger partial charge >= 0.3 is 11.8 Å². The largest absolute Gasteiger partial charge is 0.412 e. The molecule has 0 aliphatic rings. The summed E-state index contributed by atoms with van der Waals surface area (Å²) >= 11 is 5.92. The van der Waals surface area contributed by atoms with Crippen LogP contribution in [0.1, 0.15) is 16.2 Å². The summed E-state index contributed by atoms with van der Waals surface area (Å²) in [4.78, 5) is 12.0. The van der Waals surface area contributed by atoms with Gasteiger partial charge in [-0.3, -0.25) is 4.79 Å². The van der Waals surface area contributed by atoms with Crippen molar-refractivity contribution in [2.45, 2.75) is 6.42 Å². The first-order valence-corrected chi connectivity index (χ1v) is 7.52. The van der Waals surface area contributed by atoms with E-state index in [9.17, 15) is 4.79 Å². The molecule has 1 heterocycles. The molecular formula is C17H14ClN3O2. The Morgan fingerprint density at radius 1 is 1.09 bits per heavy atom. The number of benzene rings is 2. The molecule has 0 aliphatic carbocycles. The first kappa shape index (κ1) is 15.2. The second-order valence-electron chi connectivity index (χ2n) is 4.91. The standard InChI is InChI=1S/C17H14ClN3O2/c18-14-8-4-7-13(11-14)16-20-21-17(23-16)15(22)19-10-9-12-5-2-1-3-6-12/h1-8,11H,9-10H2,(H,19,22). The average molecular weight is 328 g/mol. The third-order valence-electron chi connectivity index (χ3n) is 3.23. The van der Waals surface area contributed by atoms with Crippen molar-refractivity contribution in [3.63, 3.8) is 0 Å². The summed E-state index contributed by atoms with van der Waals surface area (Å²) in [7, 11) is 0. The zero-order valence-corrected chi connectivity index (χ0v) is 13.0. The summed E-state index contributed by atoms with van der Waals surface area (Å²) in [6.45, 7) is 0.498. The molecule has 0 bridgehead atoms. The number of nitrogens with zero attached hydrogens (tertiary/aromatic N) is 2. The smallest absolute Gasteiger partial charge is 0.308 e. The molecule has 6 heteroatoms. The lowest BCUT2D eigenvalue weighted by molar-refractivity contribution is 0.0920. The van der Waals surface area contributed by atoms with Crippen molar-refractivity contribution < 1.29 is 9.21 Å². The normalized spacial score (nSPS) is 10.5. The van der Waals surface area contributed by atoms with Crippen LogP contribution in [0.15, 0.2) is 59.0 Å². The lowest BCUT2D eigenvalue weighted by atomic mass is 10.1. The van der Waals surface area contributed by atoms with Gasteiger partial charge in [-0.15, -0.1) is 10.2 Å². The molecule has 23 heavy (non-hydrogen) atoms. The van der Waals surface area contributed by atoms with E-state index in [1.165, 1.54) is 0 Å². The maximum Gasteiger partial charge on any atom is 0.308 e. The van der Waals surface area contributed by atoms with Gasteiger partial charge in [0.15, 0.2) is 0 Å². The summed E-state index contributed by atoms with van der Waals surface area (Å²) in [5, 5.41) is 11.0. The molecule has 116 valence electrons. The van der Waals surface area contributed by atoms with Crippen LogP contribution in [0.5, 0.6) is 0 Å². The van der Waals surface area contributed by atoms with E-state index < -0.39 is 0 Å². The van der Waals surface area contributed by atoms with Crippen LogP contribution in [-0.4, -0.2) is 22.6 Å².